The van der Waals surface area contributed by atoms with Crippen LogP contribution in [-0.2, 0) is 9.59 Å². The molecule has 2 aromatic carbocycles. The first kappa shape index (κ1) is 24.2. The molecular weight excluding hydrogens is 466 g/mol. The molecule has 0 fully saturated rings. The van der Waals surface area contributed by atoms with Gasteiger partial charge in [-0.1, -0.05) is 13.8 Å². The Hall–Kier alpha value is -3.07. The van der Waals surface area contributed by atoms with Crippen LogP contribution in [0.3, 0.4) is 0 Å². The number of halogens is 1. The summed E-state index contributed by atoms with van der Waals surface area (Å²) in [6.07, 6.45) is 1.41. The van der Waals surface area contributed by atoms with Crippen LogP contribution in [0.2, 0.25) is 0 Å². The fourth-order valence-electron chi connectivity index (χ4n) is 2.79. The van der Waals surface area contributed by atoms with E-state index in [1.165, 1.54) is 6.21 Å². The van der Waals surface area contributed by atoms with Crippen LogP contribution >= 0.6 is 15.9 Å². The molecule has 1 atom stereocenters. The smallest absolute Gasteiger partial charge is 0.252 e. The molecule has 0 aliphatic rings. The zero-order valence-corrected chi connectivity index (χ0v) is 19.4. The summed E-state index contributed by atoms with van der Waals surface area (Å²) in [4.78, 5) is 25.3. The van der Waals surface area contributed by atoms with Crippen LogP contribution in [-0.4, -0.2) is 36.9 Å². The third-order valence-corrected chi connectivity index (χ3v) is 4.93. The van der Waals surface area contributed by atoms with Gasteiger partial charge in [0, 0.05) is 5.69 Å². The Bertz CT molecular complexity index is 945. The first-order valence-electron chi connectivity index (χ1n) is 9.70. The van der Waals surface area contributed by atoms with Gasteiger partial charge in [0.1, 0.15) is 11.7 Å². The summed E-state index contributed by atoms with van der Waals surface area (Å²) in [5.74, 6) is -1.20. The van der Waals surface area contributed by atoms with E-state index in [4.69, 9.17) is 9.47 Å². The van der Waals surface area contributed by atoms with Gasteiger partial charge in [-0.3, -0.25) is 9.59 Å². The van der Waals surface area contributed by atoms with Crippen LogP contribution < -0.4 is 20.2 Å². The van der Waals surface area contributed by atoms with Gasteiger partial charge in [0.2, 0.25) is 5.91 Å². The number of ether oxygens (including phenoxy) is 2. The quantitative estimate of drug-likeness (QED) is 0.279. The first-order chi connectivity index (χ1) is 14.8. The minimum atomic E-state index is -0.940. The molecule has 3 N–H and O–H groups in total. The number of rotatable bonds is 9. The average molecular weight is 492 g/mol. The van der Waals surface area contributed by atoms with Crippen LogP contribution in [0.15, 0.2) is 46.0 Å². The molecule has 8 nitrogen and oxygen atoms in total. The van der Waals surface area contributed by atoms with E-state index >= 15 is 0 Å². The van der Waals surface area contributed by atoms with Gasteiger partial charge in [-0.2, -0.15) is 5.10 Å². The number of phenols is 1. The van der Waals surface area contributed by atoms with Crippen LogP contribution in [0.25, 0.3) is 0 Å². The van der Waals surface area contributed by atoms with E-state index < -0.39 is 17.7 Å². The third kappa shape index (κ3) is 6.71. The molecule has 2 aromatic rings. The van der Waals surface area contributed by atoms with Gasteiger partial charge in [-0.05, 0) is 70.7 Å². The van der Waals surface area contributed by atoms with E-state index in [0.717, 1.165) is 0 Å². The topological polar surface area (TPSA) is 109 Å². The van der Waals surface area contributed by atoms with Crippen LogP contribution in [0.4, 0.5) is 5.69 Å². The van der Waals surface area contributed by atoms with Crippen molar-refractivity contribution in [2.45, 2.75) is 20.8 Å². The fraction of sp³-hybridized carbons (Fsp3) is 0.318. The summed E-state index contributed by atoms with van der Waals surface area (Å²) in [7, 11) is 1.56. The summed E-state index contributed by atoms with van der Waals surface area (Å²) < 4.78 is 10.9. The summed E-state index contributed by atoms with van der Waals surface area (Å²) in [6.45, 7) is 5.76. The number of hydrogen-bond donors (Lipinski definition) is 3. The summed E-state index contributed by atoms with van der Waals surface area (Å²) in [6, 6.07) is 10.1. The molecule has 2 amide bonds. The molecule has 0 aromatic heterocycles. The second kappa shape index (κ2) is 11.4. The normalized spacial score (nSPS) is 11.9. The highest BCUT2D eigenvalue weighted by Crippen LogP contribution is 2.35. The Labute approximate surface area is 189 Å². The number of methoxy groups -OCH3 is 1. The zero-order valence-electron chi connectivity index (χ0n) is 17.8. The van der Waals surface area contributed by atoms with E-state index in [-0.39, 0.29) is 11.7 Å². The molecule has 166 valence electrons. The molecule has 1 unspecified atom stereocenters. The predicted molar refractivity (Wildman–Crippen MR) is 123 cm³/mol. The molecule has 0 radical (unpaired) electrons. The van der Waals surface area contributed by atoms with Crippen molar-refractivity contribution in [1.29, 1.82) is 0 Å². The number of carbonyl (C=O) groups excluding carboxylic acids is 2. The minimum Gasteiger partial charge on any atom is -0.503 e. The SMILES string of the molecule is CCOc1cc(C=NNC(=O)C(C(=O)Nc2ccc(OC)cc2)C(C)C)cc(Br)c1O. The highest BCUT2D eigenvalue weighted by molar-refractivity contribution is 9.10. The number of anilines is 1. The van der Waals surface area contributed by atoms with Gasteiger partial charge in [0.25, 0.3) is 5.91 Å². The summed E-state index contributed by atoms with van der Waals surface area (Å²) in [5, 5.41) is 16.7. The number of hydrazone groups is 1. The summed E-state index contributed by atoms with van der Waals surface area (Å²) >= 11 is 3.25. The Kier molecular flexibility index (Phi) is 8.87. The lowest BCUT2D eigenvalue weighted by Crippen LogP contribution is -2.39. The lowest BCUT2D eigenvalue weighted by molar-refractivity contribution is -0.134. The Balaban J connectivity index is 2.07. The largest absolute Gasteiger partial charge is 0.503 e. The van der Waals surface area contributed by atoms with E-state index in [1.807, 2.05) is 0 Å². The van der Waals surface area contributed by atoms with Crippen LogP contribution in [0.5, 0.6) is 17.2 Å². The maximum absolute atomic E-state index is 12.7. The maximum Gasteiger partial charge on any atom is 0.252 e. The molecule has 0 heterocycles. The van der Waals surface area contributed by atoms with Gasteiger partial charge < -0.3 is 19.9 Å². The van der Waals surface area contributed by atoms with Crippen molar-refractivity contribution in [2.24, 2.45) is 16.9 Å². The van der Waals surface area contributed by atoms with E-state index in [2.05, 4.69) is 31.8 Å². The maximum atomic E-state index is 12.7. The van der Waals surface area contributed by atoms with Gasteiger partial charge >= 0.3 is 0 Å². The highest BCUT2D eigenvalue weighted by Gasteiger charge is 2.30. The van der Waals surface area contributed by atoms with E-state index in [0.29, 0.717) is 33.8 Å². The lowest BCUT2D eigenvalue weighted by atomic mass is 9.94. The number of phenolic OH excluding ortho intramolecular Hbond substituents is 1. The zero-order chi connectivity index (χ0) is 23.0. The van der Waals surface area contributed by atoms with Crippen molar-refractivity contribution in [1.82, 2.24) is 5.43 Å². The number of aromatic hydroxyl groups is 1. The van der Waals surface area contributed by atoms with Crippen molar-refractivity contribution in [3.05, 3.63) is 46.4 Å². The third-order valence-electron chi connectivity index (χ3n) is 4.33. The van der Waals surface area contributed by atoms with Crippen LogP contribution in [0.1, 0.15) is 26.3 Å². The molecular formula is C22H26BrN3O5. The van der Waals surface area contributed by atoms with E-state index in [9.17, 15) is 14.7 Å². The first-order valence-corrected chi connectivity index (χ1v) is 10.5. The van der Waals surface area contributed by atoms with Crippen LogP contribution in [0, 0.1) is 11.8 Å². The highest BCUT2D eigenvalue weighted by atomic mass is 79.9. The molecule has 9 heteroatoms. The van der Waals surface area contributed by atoms with Gasteiger partial charge in [0.05, 0.1) is 24.4 Å². The number of amides is 2. The van der Waals surface area contributed by atoms with Crippen molar-refractivity contribution in [2.75, 3.05) is 19.0 Å². The molecule has 0 aliphatic carbocycles. The fourth-order valence-corrected chi connectivity index (χ4v) is 3.25. The second-order valence-corrected chi connectivity index (χ2v) is 7.81. The Morgan fingerprint density at radius 1 is 1.19 bits per heavy atom. The van der Waals surface area contributed by atoms with Gasteiger partial charge in [0.15, 0.2) is 11.5 Å². The average Bonchev–Trinajstić information content (AvgIpc) is 2.72. The molecule has 0 saturated heterocycles. The molecule has 0 aliphatic heterocycles. The number of benzene rings is 2. The van der Waals surface area contributed by atoms with Crippen molar-refractivity contribution in [3.63, 3.8) is 0 Å². The number of carbonyl (C=O) groups is 2. The second-order valence-electron chi connectivity index (χ2n) is 6.96. The molecule has 31 heavy (non-hydrogen) atoms. The number of hydrogen-bond acceptors (Lipinski definition) is 6. The number of nitrogens with one attached hydrogen (secondary N) is 2. The van der Waals surface area contributed by atoms with E-state index in [1.54, 1.807) is 64.3 Å². The molecule has 0 spiro atoms. The predicted octanol–water partition coefficient (Wildman–Crippen LogP) is 3.92. The van der Waals surface area contributed by atoms with Crippen molar-refractivity contribution in [3.8, 4) is 17.2 Å². The standard InChI is InChI=1S/C22H26BrN3O5/c1-5-31-18-11-14(10-17(23)20(18)27)12-24-26-22(29)19(13(2)3)21(28)25-15-6-8-16(30-4)9-7-15/h6-13,19,27H,5H2,1-4H3,(H,25,28)(H,26,29). The number of nitrogens with zero attached hydrogens (tertiary/aromatic N) is 1. The van der Waals surface area contributed by atoms with Crippen molar-refractivity contribution < 1.29 is 24.2 Å². The Morgan fingerprint density at radius 2 is 1.87 bits per heavy atom. The molecule has 2 rings (SSSR count). The van der Waals surface area contributed by atoms with Gasteiger partial charge in [-0.25, -0.2) is 5.43 Å². The monoisotopic (exact) mass is 491 g/mol. The Morgan fingerprint density at radius 3 is 2.45 bits per heavy atom. The molecule has 0 bridgehead atoms. The van der Waals surface area contributed by atoms with Gasteiger partial charge in [-0.15, -0.1) is 0 Å². The summed E-state index contributed by atoms with van der Waals surface area (Å²) in [5.41, 5.74) is 3.57. The lowest BCUT2D eigenvalue weighted by Gasteiger charge is -2.18. The minimum absolute atomic E-state index is 0.0156. The van der Waals surface area contributed by atoms with Crippen molar-refractivity contribution >= 4 is 39.6 Å². The molecule has 0 saturated carbocycles.